The molecule has 0 amide bonds. The number of rotatable bonds is 6. The van der Waals surface area contributed by atoms with Gasteiger partial charge < -0.3 is 10.1 Å². The molecule has 0 spiro atoms. The van der Waals surface area contributed by atoms with E-state index >= 15 is 0 Å². The Hall–Kier alpha value is -1.94. The standard InChI is InChI=1S/C17H19FN2O/c1-21-17-14(3-2-10-19-17)11-20-16(12-4-5-12)13-6-8-15(18)9-7-13/h2-3,6-10,12,16,20H,4-5,11H2,1H3. The van der Waals surface area contributed by atoms with E-state index in [0.29, 0.717) is 18.3 Å². The summed E-state index contributed by atoms with van der Waals surface area (Å²) >= 11 is 0. The number of methoxy groups -OCH3 is 1. The number of nitrogens with zero attached hydrogens (tertiary/aromatic N) is 1. The van der Waals surface area contributed by atoms with Crippen LogP contribution in [-0.4, -0.2) is 12.1 Å². The van der Waals surface area contributed by atoms with Crippen molar-refractivity contribution < 1.29 is 9.13 Å². The van der Waals surface area contributed by atoms with Crippen molar-refractivity contribution in [1.82, 2.24) is 10.3 Å². The number of nitrogens with one attached hydrogen (secondary N) is 1. The van der Waals surface area contributed by atoms with Crippen molar-refractivity contribution in [3.63, 3.8) is 0 Å². The highest BCUT2D eigenvalue weighted by molar-refractivity contribution is 5.26. The lowest BCUT2D eigenvalue weighted by molar-refractivity contribution is 0.386. The van der Waals surface area contributed by atoms with E-state index in [0.717, 1.165) is 11.1 Å². The molecule has 1 atom stereocenters. The molecule has 3 rings (SSSR count). The summed E-state index contributed by atoms with van der Waals surface area (Å²) in [5.41, 5.74) is 2.18. The highest BCUT2D eigenvalue weighted by Crippen LogP contribution is 2.41. The molecule has 1 saturated carbocycles. The van der Waals surface area contributed by atoms with Crippen molar-refractivity contribution in [1.29, 1.82) is 0 Å². The second-order valence-electron chi connectivity index (χ2n) is 5.42. The molecule has 4 heteroatoms. The summed E-state index contributed by atoms with van der Waals surface area (Å²) in [6, 6.07) is 11.0. The summed E-state index contributed by atoms with van der Waals surface area (Å²) in [6.07, 6.45) is 4.17. The Labute approximate surface area is 124 Å². The van der Waals surface area contributed by atoms with Crippen LogP contribution in [0.1, 0.15) is 30.0 Å². The number of pyridine rings is 1. The van der Waals surface area contributed by atoms with Gasteiger partial charge in [0.15, 0.2) is 0 Å². The maximum absolute atomic E-state index is 13.1. The van der Waals surface area contributed by atoms with Gasteiger partial charge in [0.05, 0.1) is 7.11 Å². The summed E-state index contributed by atoms with van der Waals surface area (Å²) in [5, 5.41) is 3.57. The van der Waals surface area contributed by atoms with Crippen molar-refractivity contribution in [2.75, 3.05) is 7.11 Å². The molecule has 1 fully saturated rings. The lowest BCUT2D eigenvalue weighted by atomic mass is 10.0. The van der Waals surface area contributed by atoms with Crippen LogP contribution in [0.15, 0.2) is 42.6 Å². The first-order valence-corrected chi connectivity index (χ1v) is 7.24. The fraction of sp³-hybridized carbons (Fsp3) is 0.353. The van der Waals surface area contributed by atoms with Crippen LogP contribution in [0.3, 0.4) is 0 Å². The SMILES string of the molecule is COc1ncccc1CNC(c1ccc(F)cc1)C1CC1. The quantitative estimate of drug-likeness (QED) is 0.883. The third-order valence-corrected chi connectivity index (χ3v) is 3.88. The van der Waals surface area contributed by atoms with Crippen LogP contribution >= 0.6 is 0 Å². The number of benzene rings is 1. The average molecular weight is 286 g/mol. The Morgan fingerprint density at radius 1 is 1.29 bits per heavy atom. The van der Waals surface area contributed by atoms with Crippen LogP contribution in [0.2, 0.25) is 0 Å². The van der Waals surface area contributed by atoms with Crippen LogP contribution in [0.5, 0.6) is 5.88 Å². The van der Waals surface area contributed by atoms with Gasteiger partial charge in [-0.2, -0.15) is 0 Å². The van der Waals surface area contributed by atoms with Gasteiger partial charge in [0.1, 0.15) is 5.82 Å². The summed E-state index contributed by atoms with van der Waals surface area (Å²) in [6.45, 7) is 0.690. The minimum Gasteiger partial charge on any atom is -0.481 e. The van der Waals surface area contributed by atoms with E-state index in [9.17, 15) is 4.39 Å². The summed E-state index contributed by atoms with van der Waals surface area (Å²) in [4.78, 5) is 4.21. The van der Waals surface area contributed by atoms with Crippen LogP contribution in [0.4, 0.5) is 4.39 Å². The lowest BCUT2D eigenvalue weighted by Crippen LogP contribution is -2.23. The monoisotopic (exact) mass is 286 g/mol. The first-order valence-electron chi connectivity index (χ1n) is 7.24. The van der Waals surface area contributed by atoms with E-state index in [2.05, 4.69) is 10.3 Å². The fourth-order valence-electron chi connectivity index (χ4n) is 2.62. The maximum atomic E-state index is 13.1. The van der Waals surface area contributed by atoms with Gasteiger partial charge in [-0.1, -0.05) is 18.2 Å². The van der Waals surface area contributed by atoms with Crippen LogP contribution in [-0.2, 0) is 6.54 Å². The minimum absolute atomic E-state index is 0.192. The van der Waals surface area contributed by atoms with Crippen LogP contribution in [0, 0.1) is 11.7 Å². The predicted octanol–water partition coefficient (Wildman–Crippen LogP) is 3.47. The van der Waals surface area contributed by atoms with E-state index in [1.807, 2.05) is 24.3 Å². The van der Waals surface area contributed by atoms with E-state index < -0.39 is 0 Å². The van der Waals surface area contributed by atoms with Crippen molar-refractivity contribution in [2.45, 2.75) is 25.4 Å². The van der Waals surface area contributed by atoms with Crippen molar-refractivity contribution >= 4 is 0 Å². The van der Waals surface area contributed by atoms with Gasteiger partial charge in [-0.25, -0.2) is 9.37 Å². The number of hydrogen-bond acceptors (Lipinski definition) is 3. The summed E-state index contributed by atoms with van der Waals surface area (Å²) in [5.74, 6) is 1.10. The van der Waals surface area contributed by atoms with E-state index in [4.69, 9.17) is 4.74 Å². The predicted molar refractivity (Wildman–Crippen MR) is 79.5 cm³/mol. The minimum atomic E-state index is -0.192. The molecule has 2 aromatic rings. The zero-order valence-corrected chi connectivity index (χ0v) is 12.1. The number of aromatic nitrogens is 1. The zero-order chi connectivity index (χ0) is 14.7. The normalized spacial score (nSPS) is 15.7. The Morgan fingerprint density at radius 2 is 2.05 bits per heavy atom. The number of hydrogen-bond donors (Lipinski definition) is 1. The largest absolute Gasteiger partial charge is 0.481 e. The molecule has 1 aliphatic rings. The molecule has 110 valence electrons. The molecular weight excluding hydrogens is 267 g/mol. The number of halogens is 1. The topological polar surface area (TPSA) is 34.1 Å². The Morgan fingerprint density at radius 3 is 2.71 bits per heavy atom. The molecular formula is C17H19FN2O. The van der Waals surface area contributed by atoms with Gasteiger partial charge in [-0.15, -0.1) is 0 Å². The van der Waals surface area contributed by atoms with Crippen molar-refractivity contribution in [3.8, 4) is 5.88 Å². The van der Waals surface area contributed by atoms with Crippen molar-refractivity contribution in [2.24, 2.45) is 5.92 Å². The van der Waals surface area contributed by atoms with Gasteiger partial charge in [0.25, 0.3) is 0 Å². The molecule has 1 aliphatic carbocycles. The molecule has 1 unspecified atom stereocenters. The van der Waals surface area contributed by atoms with Crippen LogP contribution < -0.4 is 10.1 Å². The third-order valence-electron chi connectivity index (χ3n) is 3.88. The Balaban J connectivity index is 1.72. The smallest absolute Gasteiger partial charge is 0.217 e. The van der Waals surface area contributed by atoms with E-state index in [-0.39, 0.29) is 11.9 Å². The fourth-order valence-corrected chi connectivity index (χ4v) is 2.62. The highest BCUT2D eigenvalue weighted by atomic mass is 19.1. The molecule has 3 nitrogen and oxygen atoms in total. The molecule has 0 aliphatic heterocycles. The molecule has 1 heterocycles. The number of ether oxygens (including phenoxy) is 1. The Kier molecular flexibility index (Phi) is 4.15. The van der Waals surface area contributed by atoms with Crippen LogP contribution in [0.25, 0.3) is 0 Å². The second kappa shape index (κ2) is 6.22. The molecule has 1 aromatic carbocycles. The second-order valence-corrected chi connectivity index (χ2v) is 5.42. The molecule has 21 heavy (non-hydrogen) atoms. The molecule has 0 radical (unpaired) electrons. The highest BCUT2D eigenvalue weighted by Gasteiger charge is 2.32. The van der Waals surface area contributed by atoms with Gasteiger partial charge in [0, 0.05) is 24.3 Å². The molecule has 1 N–H and O–H groups in total. The third kappa shape index (κ3) is 3.39. The first kappa shape index (κ1) is 14.0. The molecule has 1 aromatic heterocycles. The lowest BCUT2D eigenvalue weighted by Gasteiger charge is -2.19. The van der Waals surface area contributed by atoms with Gasteiger partial charge in [0.2, 0.25) is 5.88 Å². The molecule has 0 bridgehead atoms. The van der Waals surface area contributed by atoms with Gasteiger partial charge >= 0.3 is 0 Å². The molecule has 0 saturated heterocycles. The average Bonchev–Trinajstić information content (AvgIpc) is 3.34. The van der Waals surface area contributed by atoms with Gasteiger partial charge in [-0.05, 0) is 42.5 Å². The summed E-state index contributed by atoms with van der Waals surface area (Å²) < 4.78 is 18.3. The zero-order valence-electron chi connectivity index (χ0n) is 12.1. The maximum Gasteiger partial charge on any atom is 0.217 e. The Bertz CT molecular complexity index is 596. The first-order chi connectivity index (χ1) is 10.3. The van der Waals surface area contributed by atoms with Gasteiger partial charge in [-0.3, -0.25) is 0 Å². The van der Waals surface area contributed by atoms with E-state index in [1.165, 1.54) is 25.0 Å². The van der Waals surface area contributed by atoms with E-state index in [1.54, 1.807) is 13.3 Å². The van der Waals surface area contributed by atoms with Crippen molar-refractivity contribution in [3.05, 3.63) is 59.5 Å². The summed E-state index contributed by atoms with van der Waals surface area (Å²) in [7, 11) is 1.63.